The van der Waals surface area contributed by atoms with Crippen molar-refractivity contribution in [3.05, 3.63) is 78.6 Å². The number of amides is 2. The van der Waals surface area contributed by atoms with Crippen LogP contribution in [0.15, 0.2) is 61.4 Å². The molecular weight excluding hydrogens is 612 g/mol. The molecule has 46 heavy (non-hydrogen) atoms. The number of nitrogens with zero attached hydrogens (tertiary/aromatic N) is 9. The molecule has 0 radical (unpaired) electrons. The topological polar surface area (TPSA) is 163 Å². The molecule has 242 valence electrons. The summed E-state index contributed by atoms with van der Waals surface area (Å²) in [6, 6.07) is 8.42. The lowest BCUT2D eigenvalue weighted by atomic mass is 9.85. The average molecular weight is 643 g/mol. The maximum atomic E-state index is 15.2. The molecule has 4 heterocycles. The van der Waals surface area contributed by atoms with E-state index >= 15 is 4.39 Å². The average Bonchev–Trinajstić information content (AvgIpc) is 3.82. The Labute approximate surface area is 260 Å². The molecule has 2 saturated heterocycles. The third-order valence-corrected chi connectivity index (χ3v) is 7.77. The van der Waals surface area contributed by atoms with Crippen molar-refractivity contribution in [1.82, 2.24) is 34.9 Å². The van der Waals surface area contributed by atoms with E-state index in [0.717, 1.165) is 12.1 Å². The van der Waals surface area contributed by atoms with Crippen LogP contribution in [0.2, 0.25) is 0 Å². The Morgan fingerprint density at radius 1 is 1.15 bits per heavy atom. The zero-order valence-electron chi connectivity index (χ0n) is 24.6. The van der Waals surface area contributed by atoms with Gasteiger partial charge in [-0.2, -0.15) is 0 Å². The van der Waals surface area contributed by atoms with Gasteiger partial charge in [0.1, 0.15) is 36.9 Å². The Kier molecular flexibility index (Phi) is 8.82. The fourth-order valence-electron chi connectivity index (χ4n) is 5.35. The van der Waals surface area contributed by atoms with Crippen LogP contribution in [-0.2, 0) is 37.8 Å². The van der Waals surface area contributed by atoms with Crippen molar-refractivity contribution in [2.45, 2.75) is 37.9 Å². The van der Waals surface area contributed by atoms with Gasteiger partial charge in [-0.05, 0) is 47.7 Å². The van der Waals surface area contributed by atoms with E-state index < -0.39 is 41.6 Å². The molecule has 0 bridgehead atoms. The highest BCUT2D eigenvalue weighted by Gasteiger charge is 2.47. The van der Waals surface area contributed by atoms with Gasteiger partial charge in [-0.15, -0.1) is 9.78 Å². The van der Waals surface area contributed by atoms with Crippen molar-refractivity contribution in [2.24, 2.45) is 0 Å². The summed E-state index contributed by atoms with van der Waals surface area (Å²) < 4.78 is 53.7. The Balaban J connectivity index is 1.18. The van der Waals surface area contributed by atoms with Crippen LogP contribution in [0.25, 0.3) is 5.69 Å². The fourth-order valence-corrected chi connectivity index (χ4v) is 5.35. The van der Waals surface area contributed by atoms with E-state index in [0.29, 0.717) is 24.0 Å². The van der Waals surface area contributed by atoms with E-state index in [-0.39, 0.29) is 45.4 Å². The summed E-state index contributed by atoms with van der Waals surface area (Å²) in [7, 11) is 0. The number of tetrazole rings is 1. The summed E-state index contributed by atoms with van der Waals surface area (Å²) in [5, 5.41) is 27.5. The molecule has 2 aromatic heterocycles. The smallest absolute Gasteiger partial charge is 0.426 e. The predicted octanol–water partition coefficient (Wildman–Crippen LogP) is 1.13. The number of anilines is 1. The molecule has 6 rings (SSSR count). The summed E-state index contributed by atoms with van der Waals surface area (Å²) >= 11 is 0. The van der Waals surface area contributed by atoms with Crippen LogP contribution in [0.1, 0.15) is 12.5 Å². The normalized spacial score (nSPS) is 17.6. The fraction of sp³-hybridized carbons (Fsp3) is 0.393. The second-order valence-electron chi connectivity index (χ2n) is 10.7. The van der Waals surface area contributed by atoms with Gasteiger partial charge < -0.3 is 29.0 Å². The van der Waals surface area contributed by atoms with Gasteiger partial charge in [0.05, 0.1) is 24.9 Å². The minimum atomic E-state index is -2.07. The lowest BCUT2D eigenvalue weighted by molar-refractivity contribution is -0.728. The van der Waals surface area contributed by atoms with E-state index in [4.69, 9.17) is 18.9 Å². The second kappa shape index (κ2) is 13.1. The molecular formula is C28H30F2N9O7+. The Morgan fingerprint density at radius 2 is 1.91 bits per heavy atom. The standard InChI is InChI=1S/C28H30F2N9O7/c1-19(37-8-9-38(26(37)40)21-3-5-22(6-4-21)39-14-31-33-34-39)28(42,24-7-2-20(29)10-25(24)30)13-36-16-35(15-32-36)17-45-27(41)46-23-11-43-18-44-12-23/h2-7,10,14-16,19,23,42H,8-9,11-13,17-18H2,1H3/q+1/t19-,28-/m1/s1. The summed E-state index contributed by atoms with van der Waals surface area (Å²) in [6.07, 6.45) is 2.65. The van der Waals surface area contributed by atoms with Gasteiger partial charge in [0, 0.05) is 35.5 Å². The van der Waals surface area contributed by atoms with E-state index in [2.05, 4.69) is 20.6 Å². The lowest BCUT2D eigenvalue weighted by Gasteiger charge is -2.38. The van der Waals surface area contributed by atoms with Gasteiger partial charge >= 0.3 is 12.2 Å². The van der Waals surface area contributed by atoms with Crippen molar-refractivity contribution in [3.63, 3.8) is 0 Å². The van der Waals surface area contributed by atoms with Gasteiger partial charge in [0.25, 0.3) is 6.33 Å². The number of carbonyl (C=O) groups is 2. The van der Waals surface area contributed by atoms with Crippen LogP contribution < -0.4 is 9.47 Å². The molecule has 16 nitrogen and oxygen atoms in total. The van der Waals surface area contributed by atoms with Crippen molar-refractivity contribution >= 4 is 17.9 Å². The van der Waals surface area contributed by atoms with E-state index in [1.165, 1.54) is 42.7 Å². The quantitative estimate of drug-likeness (QED) is 0.195. The van der Waals surface area contributed by atoms with Crippen molar-refractivity contribution in [1.29, 1.82) is 0 Å². The molecule has 0 unspecified atom stereocenters. The van der Waals surface area contributed by atoms with Gasteiger partial charge in [-0.25, -0.2) is 27.6 Å². The number of hydrogen-bond acceptors (Lipinski definition) is 11. The van der Waals surface area contributed by atoms with Crippen molar-refractivity contribution in [3.8, 4) is 5.69 Å². The maximum absolute atomic E-state index is 15.2. The highest BCUT2D eigenvalue weighted by atomic mass is 19.1. The first-order valence-corrected chi connectivity index (χ1v) is 14.2. The summed E-state index contributed by atoms with van der Waals surface area (Å²) in [5.41, 5.74) is -1.00. The molecule has 18 heteroatoms. The van der Waals surface area contributed by atoms with Crippen molar-refractivity contribution < 1.29 is 47.0 Å². The van der Waals surface area contributed by atoms with Crippen LogP contribution in [-0.4, -0.2) is 97.4 Å². The molecule has 1 N–H and O–H groups in total. The molecule has 2 aliphatic rings. The number of ether oxygens (including phenoxy) is 4. The number of halogens is 2. The number of hydrogen-bond donors (Lipinski definition) is 1. The Bertz CT molecular complexity index is 1670. The van der Waals surface area contributed by atoms with E-state index in [1.807, 2.05) is 0 Å². The van der Waals surface area contributed by atoms with E-state index in [9.17, 15) is 19.1 Å². The third-order valence-electron chi connectivity index (χ3n) is 7.77. The van der Waals surface area contributed by atoms with Crippen molar-refractivity contribution in [2.75, 3.05) is 38.0 Å². The molecule has 0 spiro atoms. The summed E-state index contributed by atoms with van der Waals surface area (Å²) in [6.45, 7) is 1.96. The molecule has 2 aromatic carbocycles. The zero-order valence-corrected chi connectivity index (χ0v) is 24.6. The second-order valence-corrected chi connectivity index (χ2v) is 10.7. The first-order chi connectivity index (χ1) is 22.2. The Morgan fingerprint density at radius 3 is 2.63 bits per heavy atom. The summed E-state index contributed by atoms with van der Waals surface area (Å²) in [5.74, 6) is -1.81. The molecule has 0 saturated carbocycles. The molecule has 2 aliphatic heterocycles. The van der Waals surface area contributed by atoms with Gasteiger partial charge in [0.2, 0.25) is 13.1 Å². The van der Waals surface area contributed by atoms with Crippen LogP contribution in [0.5, 0.6) is 0 Å². The molecule has 4 aromatic rings. The van der Waals surface area contributed by atoms with E-state index in [1.54, 1.807) is 31.2 Å². The third kappa shape index (κ3) is 6.49. The highest BCUT2D eigenvalue weighted by molar-refractivity contribution is 5.94. The number of rotatable bonds is 10. The minimum absolute atomic E-state index is 0.124. The van der Waals surface area contributed by atoms with Gasteiger partial charge in [-0.3, -0.25) is 4.90 Å². The summed E-state index contributed by atoms with van der Waals surface area (Å²) in [4.78, 5) is 28.7. The number of carbonyl (C=O) groups excluding carboxylic acids is 2. The van der Waals surface area contributed by atoms with Crippen LogP contribution in [0.4, 0.5) is 24.1 Å². The minimum Gasteiger partial charge on any atom is -0.426 e. The first-order valence-electron chi connectivity index (χ1n) is 14.2. The Hall–Kier alpha value is -5.07. The zero-order chi connectivity index (χ0) is 32.3. The monoisotopic (exact) mass is 642 g/mol. The predicted molar refractivity (Wildman–Crippen MR) is 149 cm³/mol. The number of benzene rings is 2. The molecule has 0 aliphatic carbocycles. The maximum Gasteiger partial charge on any atom is 0.511 e. The number of aliphatic hydroxyl groups is 1. The largest absolute Gasteiger partial charge is 0.511 e. The van der Waals surface area contributed by atoms with Gasteiger partial charge in [0.15, 0.2) is 6.10 Å². The highest BCUT2D eigenvalue weighted by Crippen LogP contribution is 2.35. The molecule has 2 fully saturated rings. The molecule has 2 amide bonds. The molecule has 2 atom stereocenters. The first kappa shape index (κ1) is 30.9. The number of aromatic nitrogens is 7. The number of urea groups is 1. The lowest BCUT2D eigenvalue weighted by Crippen LogP contribution is -2.53. The van der Waals surface area contributed by atoms with Crippen LogP contribution in [0.3, 0.4) is 0 Å². The van der Waals surface area contributed by atoms with Crippen LogP contribution in [0, 0.1) is 11.6 Å². The van der Waals surface area contributed by atoms with Crippen LogP contribution >= 0.6 is 0 Å². The van der Waals surface area contributed by atoms with Gasteiger partial charge in [-0.1, -0.05) is 6.07 Å². The SMILES string of the molecule is C[C@@H](N1CCN(c2ccc(-n3cnnn3)cc2)C1=O)[C@](O)(Cn1c[n+](COC(=O)OC2COCOC2)cn1)c1ccc(F)cc1F.